The maximum absolute atomic E-state index is 12.3. The fraction of sp³-hybridized carbons (Fsp3) is 0.429. The monoisotopic (exact) mass is 331 g/mol. The van der Waals surface area contributed by atoms with Crippen molar-refractivity contribution in [2.75, 3.05) is 18.0 Å². The van der Waals surface area contributed by atoms with Crippen LogP contribution in [-0.2, 0) is 9.59 Å². The lowest BCUT2D eigenvalue weighted by Crippen LogP contribution is -2.44. The zero-order chi connectivity index (χ0) is 14.7. The van der Waals surface area contributed by atoms with Crippen LogP contribution < -0.4 is 16.0 Å². The average molecular weight is 332 g/mol. The first-order valence-corrected chi connectivity index (χ1v) is 6.98. The highest BCUT2D eigenvalue weighted by molar-refractivity contribution is 6.34. The van der Waals surface area contributed by atoms with Crippen molar-refractivity contribution in [2.45, 2.75) is 19.4 Å². The summed E-state index contributed by atoms with van der Waals surface area (Å²) in [5.41, 5.74) is 6.13. The van der Waals surface area contributed by atoms with E-state index in [0.29, 0.717) is 23.7 Å². The number of nitrogens with one attached hydrogen (secondary N) is 1. The molecule has 1 fully saturated rings. The number of carbonyl (C=O) groups excluding carboxylic acids is 2. The molecule has 7 heteroatoms. The first kappa shape index (κ1) is 17.8. The van der Waals surface area contributed by atoms with Crippen LogP contribution in [0.3, 0.4) is 0 Å². The quantitative estimate of drug-likeness (QED) is 0.879. The summed E-state index contributed by atoms with van der Waals surface area (Å²) in [5.74, 6) is -0.611. The molecular weight excluding hydrogens is 313 g/mol. The van der Waals surface area contributed by atoms with Crippen LogP contribution in [0.15, 0.2) is 24.3 Å². The Morgan fingerprint density at radius 2 is 2.19 bits per heavy atom. The number of anilines is 1. The molecule has 0 spiro atoms. The van der Waals surface area contributed by atoms with Crippen molar-refractivity contribution >= 4 is 41.5 Å². The van der Waals surface area contributed by atoms with Crippen LogP contribution in [0.4, 0.5) is 5.69 Å². The summed E-state index contributed by atoms with van der Waals surface area (Å²) in [5, 5.41) is 3.28. The van der Waals surface area contributed by atoms with Crippen LogP contribution >= 0.6 is 24.0 Å². The molecule has 0 bridgehead atoms. The zero-order valence-electron chi connectivity index (χ0n) is 11.7. The minimum Gasteiger partial charge on any atom is -0.344 e. The number of benzene rings is 1. The Bertz CT molecular complexity index is 525. The van der Waals surface area contributed by atoms with Crippen LogP contribution in [0.1, 0.15) is 13.3 Å². The Morgan fingerprint density at radius 3 is 2.81 bits per heavy atom. The lowest BCUT2D eigenvalue weighted by Gasteiger charge is -2.19. The molecule has 1 aliphatic rings. The van der Waals surface area contributed by atoms with E-state index in [0.717, 1.165) is 0 Å². The average Bonchev–Trinajstić information content (AvgIpc) is 2.80. The third kappa shape index (κ3) is 3.87. The number of halogens is 2. The third-order valence-electron chi connectivity index (χ3n) is 3.47. The molecule has 1 aliphatic heterocycles. The van der Waals surface area contributed by atoms with Gasteiger partial charge in [-0.15, -0.1) is 12.4 Å². The molecule has 0 saturated carbocycles. The number of rotatable bonds is 4. The predicted molar refractivity (Wildman–Crippen MR) is 85.8 cm³/mol. The van der Waals surface area contributed by atoms with Gasteiger partial charge >= 0.3 is 0 Å². The van der Waals surface area contributed by atoms with E-state index in [4.69, 9.17) is 17.3 Å². The summed E-state index contributed by atoms with van der Waals surface area (Å²) in [6.45, 7) is 2.55. The standard InChI is InChI=1S/C14H18ClN3O2.ClH/c1-9(8-16)13(19)17-11-6-7-18(14(11)20)12-5-3-2-4-10(12)15;/h2-5,9,11H,6-8,16H2,1H3,(H,17,19);1H. The normalized spacial score (nSPS) is 19.1. The van der Waals surface area contributed by atoms with Gasteiger partial charge in [0.2, 0.25) is 11.8 Å². The molecule has 116 valence electrons. The van der Waals surface area contributed by atoms with Gasteiger partial charge < -0.3 is 16.0 Å². The summed E-state index contributed by atoms with van der Waals surface area (Å²) in [4.78, 5) is 25.7. The fourth-order valence-corrected chi connectivity index (χ4v) is 2.38. The van der Waals surface area contributed by atoms with Gasteiger partial charge in [0.25, 0.3) is 0 Å². The van der Waals surface area contributed by atoms with Gasteiger partial charge in [-0.3, -0.25) is 9.59 Å². The number of nitrogens with two attached hydrogens (primary N) is 1. The Kier molecular flexibility index (Phi) is 6.45. The Hall–Kier alpha value is -1.30. The first-order chi connectivity index (χ1) is 9.54. The molecule has 3 N–H and O–H groups in total. The van der Waals surface area contributed by atoms with Crippen molar-refractivity contribution in [3.63, 3.8) is 0 Å². The largest absolute Gasteiger partial charge is 0.344 e. The second-order valence-electron chi connectivity index (χ2n) is 4.93. The number of amides is 2. The summed E-state index contributed by atoms with van der Waals surface area (Å²) in [6, 6.07) is 6.69. The van der Waals surface area contributed by atoms with Crippen molar-refractivity contribution in [3.05, 3.63) is 29.3 Å². The van der Waals surface area contributed by atoms with Gasteiger partial charge in [-0.05, 0) is 18.6 Å². The number of hydrogen-bond acceptors (Lipinski definition) is 3. The highest BCUT2D eigenvalue weighted by Crippen LogP contribution is 2.28. The van der Waals surface area contributed by atoms with Crippen molar-refractivity contribution in [1.82, 2.24) is 5.32 Å². The van der Waals surface area contributed by atoms with Crippen LogP contribution in [-0.4, -0.2) is 30.9 Å². The summed E-state index contributed by atoms with van der Waals surface area (Å²) < 4.78 is 0. The molecule has 2 unspecified atom stereocenters. The highest BCUT2D eigenvalue weighted by Gasteiger charge is 2.34. The van der Waals surface area contributed by atoms with Crippen LogP contribution in [0.2, 0.25) is 5.02 Å². The molecule has 5 nitrogen and oxygen atoms in total. The molecule has 1 aromatic carbocycles. The van der Waals surface area contributed by atoms with E-state index in [1.807, 2.05) is 12.1 Å². The van der Waals surface area contributed by atoms with Gasteiger partial charge in [0.05, 0.1) is 10.7 Å². The molecule has 0 aromatic heterocycles. The highest BCUT2D eigenvalue weighted by atomic mass is 35.5. The molecule has 2 amide bonds. The van der Waals surface area contributed by atoms with E-state index in [9.17, 15) is 9.59 Å². The van der Waals surface area contributed by atoms with Crippen LogP contribution in [0.5, 0.6) is 0 Å². The van der Waals surface area contributed by atoms with Crippen molar-refractivity contribution < 1.29 is 9.59 Å². The molecule has 0 aliphatic carbocycles. The molecule has 0 radical (unpaired) electrons. The molecule has 21 heavy (non-hydrogen) atoms. The van der Waals surface area contributed by atoms with E-state index in [1.165, 1.54) is 0 Å². The lowest BCUT2D eigenvalue weighted by atomic mass is 10.1. The molecule has 2 rings (SSSR count). The number of hydrogen-bond donors (Lipinski definition) is 2. The van der Waals surface area contributed by atoms with Gasteiger partial charge in [0, 0.05) is 19.0 Å². The van der Waals surface area contributed by atoms with Gasteiger partial charge in [-0.1, -0.05) is 30.7 Å². The smallest absolute Gasteiger partial charge is 0.249 e. The summed E-state index contributed by atoms with van der Waals surface area (Å²) in [7, 11) is 0. The van der Waals surface area contributed by atoms with Gasteiger partial charge in [0.1, 0.15) is 6.04 Å². The third-order valence-corrected chi connectivity index (χ3v) is 3.79. The fourth-order valence-electron chi connectivity index (χ4n) is 2.14. The molecule has 1 saturated heterocycles. The van der Waals surface area contributed by atoms with Crippen LogP contribution in [0.25, 0.3) is 0 Å². The summed E-state index contributed by atoms with van der Waals surface area (Å²) >= 11 is 6.10. The minimum absolute atomic E-state index is 0. The Labute approximate surface area is 135 Å². The van der Waals surface area contributed by atoms with E-state index in [2.05, 4.69) is 5.32 Å². The topological polar surface area (TPSA) is 75.4 Å². The summed E-state index contributed by atoms with van der Waals surface area (Å²) in [6.07, 6.45) is 0.576. The SMILES string of the molecule is CC(CN)C(=O)NC1CCN(c2ccccc2Cl)C1=O.Cl. The van der Waals surface area contributed by atoms with Crippen molar-refractivity contribution in [3.8, 4) is 0 Å². The van der Waals surface area contributed by atoms with E-state index >= 15 is 0 Å². The van der Waals surface area contributed by atoms with E-state index in [-0.39, 0.29) is 36.7 Å². The lowest BCUT2D eigenvalue weighted by molar-refractivity contribution is -0.128. The van der Waals surface area contributed by atoms with E-state index < -0.39 is 6.04 Å². The minimum atomic E-state index is -0.493. The predicted octanol–water partition coefficient (Wildman–Crippen LogP) is 1.58. The van der Waals surface area contributed by atoms with Crippen molar-refractivity contribution in [1.29, 1.82) is 0 Å². The van der Waals surface area contributed by atoms with E-state index in [1.54, 1.807) is 24.0 Å². The second kappa shape index (κ2) is 7.64. The molecule has 2 atom stereocenters. The van der Waals surface area contributed by atoms with Crippen LogP contribution in [0, 0.1) is 5.92 Å². The number of nitrogens with zero attached hydrogens (tertiary/aromatic N) is 1. The van der Waals surface area contributed by atoms with Gasteiger partial charge in [-0.25, -0.2) is 0 Å². The Morgan fingerprint density at radius 1 is 1.52 bits per heavy atom. The second-order valence-corrected chi connectivity index (χ2v) is 5.34. The number of carbonyl (C=O) groups is 2. The van der Waals surface area contributed by atoms with Gasteiger partial charge in [-0.2, -0.15) is 0 Å². The first-order valence-electron chi connectivity index (χ1n) is 6.61. The zero-order valence-corrected chi connectivity index (χ0v) is 13.3. The molecule has 1 aromatic rings. The maximum atomic E-state index is 12.3. The maximum Gasteiger partial charge on any atom is 0.249 e. The Balaban J connectivity index is 0.00000220. The molecule has 1 heterocycles. The number of para-hydroxylation sites is 1. The molecular formula is C14H19Cl2N3O2. The van der Waals surface area contributed by atoms with Crippen molar-refractivity contribution in [2.24, 2.45) is 11.7 Å². The van der Waals surface area contributed by atoms with Gasteiger partial charge in [0.15, 0.2) is 0 Å².